The van der Waals surface area contributed by atoms with Gasteiger partial charge in [0.2, 0.25) is 10.0 Å². The first-order valence-electron chi connectivity index (χ1n) is 8.09. The minimum Gasteiger partial charge on any atom is -0.426 e. The summed E-state index contributed by atoms with van der Waals surface area (Å²) in [5.74, 6) is -0.843. The fraction of sp³-hybridized carbons (Fsp3) is 0.278. The number of esters is 1. The maximum atomic E-state index is 13.0. The van der Waals surface area contributed by atoms with E-state index >= 15 is 0 Å². The van der Waals surface area contributed by atoms with Crippen molar-refractivity contribution in [2.24, 2.45) is 5.92 Å². The van der Waals surface area contributed by atoms with Gasteiger partial charge >= 0.3 is 5.97 Å². The van der Waals surface area contributed by atoms with Crippen LogP contribution in [0.1, 0.15) is 12.8 Å². The standard InChI is InChI=1S/C18H17ClFNO4S/c19-14-1-5-16(6-2-14)25-18(22)13-9-11-21(12-10-13)26(23,24)17-7-3-15(20)4-8-17/h1-8,13H,9-12H2. The van der Waals surface area contributed by atoms with Gasteiger partial charge in [0.05, 0.1) is 10.8 Å². The Labute approximate surface area is 156 Å². The Kier molecular flexibility index (Phi) is 5.60. The molecule has 0 aromatic heterocycles. The first-order valence-corrected chi connectivity index (χ1v) is 9.91. The predicted molar refractivity (Wildman–Crippen MR) is 95.0 cm³/mol. The van der Waals surface area contributed by atoms with Crippen LogP contribution in [0.2, 0.25) is 5.02 Å². The second-order valence-corrected chi connectivity index (χ2v) is 8.38. The van der Waals surface area contributed by atoms with Gasteiger partial charge in [-0.25, -0.2) is 12.8 Å². The number of ether oxygens (including phenoxy) is 1. The zero-order valence-corrected chi connectivity index (χ0v) is 15.3. The van der Waals surface area contributed by atoms with E-state index in [1.54, 1.807) is 24.3 Å². The van der Waals surface area contributed by atoms with Crippen LogP contribution in [0.5, 0.6) is 5.75 Å². The molecule has 0 radical (unpaired) electrons. The number of carbonyl (C=O) groups is 1. The van der Waals surface area contributed by atoms with Gasteiger partial charge in [-0.2, -0.15) is 4.31 Å². The molecule has 0 saturated carbocycles. The monoisotopic (exact) mass is 397 g/mol. The number of benzene rings is 2. The van der Waals surface area contributed by atoms with Gasteiger partial charge in [-0.15, -0.1) is 0 Å². The van der Waals surface area contributed by atoms with E-state index in [-0.39, 0.29) is 29.9 Å². The number of carbonyl (C=O) groups excluding carboxylic acids is 1. The van der Waals surface area contributed by atoms with E-state index in [4.69, 9.17) is 16.3 Å². The lowest BCUT2D eigenvalue weighted by molar-refractivity contribution is -0.140. The maximum Gasteiger partial charge on any atom is 0.314 e. The number of hydrogen-bond acceptors (Lipinski definition) is 4. The van der Waals surface area contributed by atoms with E-state index < -0.39 is 15.8 Å². The Morgan fingerprint density at radius 3 is 2.19 bits per heavy atom. The van der Waals surface area contributed by atoms with Gasteiger partial charge in [0.15, 0.2) is 0 Å². The molecule has 1 aliphatic rings. The van der Waals surface area contributed by atoms with Crippen LogP contribution in [0, 0.1) is 11.7 Å². The Hall–Kier alpha value is -1.96. The molecule has 0 aliphatic carbocycles. The summed E-state index contributed by atoms with van der Waals surface area (Å²) in [6.07, 6.45) is 0.736. The number of hydrogen-bond donors (Lipinski definition) is 0. The third-order valence-electron chi connectivity index (χ3n) is 4.27. The molecule has 1 heterocycles. The number of nitrogens with zero attached hydrogens (tertiary/aromatic N) is 1. The highest BCUT2D eigenvalue weighted by Gasteiger charge is 2.33. The molecule has 5 nitrogen and oxygen atoms in total. The van der Waals surface area contributed by atoms with Gasteiger partial charge < -0.3 is 4.74 Å². The quantitative estimate of drug-likeness (QED) is 0.585. The zero-order valence-electron chi connectivity index (χ0n) is 13.8. The van der Waals surface area contributed by atoms with E-state index in [0.29, 0.717) is 23.6 Å². The Morgan fingerprint density at radius 2 is 1.62 bits per heavy atom. The van der Waals surface area contributed by atoms with Crippen molar-refractivity contribution >= 4 is 27.6 Å². The molecule has 0 atom stereocenters. The average molecular weight is 398 g/mol. The lowest BCUT2D eigenvalue weighted by Crippen LogP contribution is -2.41. The summed E-state index contributed by atoms with van der Waals surface area (Å²) in [5.41, 5.74) is 0. The molecule has 2 aromatic rings. The van der Waals surface area contributed by atoms with Crippen molar-refractivity contribution in [1.29, 1.82) is 0 Å². The first kappa shape index (κ1) is 18.8. The predicted octanol–water partition coefficient (Wildman–Crippen LogP) is 3.49. The third-order valence-corrected chi connectivity index (χ3v) is 6.44. The third kappa shape index (κ3) is 4.23. The smallest absolute Gasteiger partial charge is 0.314 e. The van der Waals surface area contributed by atoms with Crippen LogP contribution in [0.15, 0.2) is 53.4 Å². The van der Waals surface area contributed by atoms with Gasteiger partial charge in [0.25, 0.3) is 0 Å². The van der Waals surface area contributed by atoms with Crippen LogP contribution in [-0.4, -0.2) is 31.8 Å². The molecule has 0 N–H and O–H groups in total. The molecule has 0 amide bonds. The second-order valence-electron chi connectivity index (χ2n) is 6.01. The van der Waals surface area contributed by atoms with Crippen molar-refractivity contribution in [3.63, 3.8) is 0 Å². The molecule has 0 bridgehead atoms. The van der Waals surface area contributed by atoms with E-state index in [0.717, 1.165) is 12.1 Å². The lowest BCUT2D eigenvalue weighted by Gasteiger charge is -2.30. The molecule has 0 spiro atoms. The zero-order chi connectivity index (χ0) is 18.7. The number of sulfonamides is 1. The van der Waals surface area contributed by atoms with Crippen LogP contribution in [0.3, 0.4) is 0 Å². The topological polar surface area (TPSA) is 63.7 Å². The van der Waals surface area contributed by atoms with Gasteiger partial charge in [0.1, 0.15) is 11.6 Å². The number of halogens is 2. The van der Waals surface area contributed by atoms with Crippen LogP contribution >= 0.6 is 11.6 Å². The largest absolute Gasteiger partial charge is 0.426 e. The van der Waals surface area contributed by atoms with Gasteiger partial charge in [0, 0.05) is 18.1 Å². The lowest BCUT2D eigenvalue weighted by atomic mass is 9.98. The summed E-state index contributed by atoms with van der Waals surface area (Å²) in [6.45, 7) is 0.417. The molecule has 2 aromatic carbocycles. The van der Waals surface area contributed by atoms with E-state index in [1.807, 2.05) is 0 Å². The molecule has 1 saturated heterocycles. The second kappa shape index (κ2) is 7.73. The van der Waals surface area contributed by atoms with E-state index in [1.165, 1.54) is 16.4 Å². The summed E-state index contributed by atoms with van der Waals surface area (Å²) in [7, 11) is -3.69. The van der Waals surface area contributed by atoms with Gasteiger partial charge in [-0.1, -0.05) is 11.6 Å². The van der Waals surface area contributed by atoms with E-state index in [2.05, 4.69) is 0 Å². The highest BCUT2D eigenvalue weighted by molar-refractivity contribution is 7.89. The van der Waals surface area contributed by atoms with Crippen molar-refractivity contribution in [1.82, 2.24) is 4.31 Å². The van der Waals surface area contributed by atoms with Gasteiger partial charge in [-0.05, 0) is 61.4 Å². The van der Waals surface area contributed by atoms with Crippen LogP contribution in [-0.2, 0) is 14.8 Å². The summed E-state index contributed by atoms with van der Waals surface area (Å²) >= 11 is 5.79. The number of piperidine rings is 1. The van der Waals surface area contributed by atoms with Crippen LogP contribution in [0.25, 0.3) is 0 Å². The summed E-state index contributed by atoms with van der Waals surface area (Å²) in [5, 5.41) is 0.545. The molecule has 8 heteroatoms. The van der Waals surface area contributed by atoms with Crippen molar-refractivity contribution in [2.75, 3.05) is 13.1 Å². The molecule has 0 unspecified atom stereocenters. The van der Waals surface area contributed by atoms with Crippen LogP contribution in [0.4, 0.5) is 4.39 Å². The minimum atomic E-state index is -3.69. The highest BCUT2D eigenvalue weighted by atomic mass is 35.5. The Bertz CT molecular complexity index is 876. The maximum absolute atomic E-state index is 13.0. The normalized spacial score (nSPS) is 16.4. The summed E-state index contributed by atoms with van der Waals surface area (Å²) in [4.78, 5) is 12.3. The molecule has 138 valence electrons. The fourth-order valence-corrected chi connectivity index (χ4v) is 4.39. The molecule has 26 heavy (non-hydrogen) atoms. The Balaban J connectivity index is 1.60. The highest BCUT2D eigenvalue weighted by Crippen LogP contribution is 2.26. The van der Waals surface area contributed by atoms with Crippen molar-refractivity contribution in [2.45, 2.75) is 17.7 Å². The van der Waals surface area contributed by atoms with Gasteiger partial charge in [-0.3, -0.25) is 4.79 Å². The molecule has 1 aliphatic heterocycles. The fourth-order valence-electron chi connectivity index (χ4n) is 2.79. The molecule has 3 rings (SSSR count). The van der Waals surface area contributed by atoms with E-state index in [9.17, 15) is 17.6 Å². The summed E-state index contributed by atoms with van der Waals surface area (Å²) in [6, 6.07) is 11.2. The molecular weight excluding hydrogens is 381 g/mol. The Morgan fingerprint density at radius 1 is 1.04 bits per heavy atom. The number of rotatable bonds is 4. The van der Waals surface area contributed by atoms with Crippen LogP contribution < -0.4 is 4.74 Å². The molecular formula is C18H17ClFNO4S. The van der Waals surface area contributed by atoms with Crippen molar-refractivity contribution in [3.05, 3.63) is 59.4 Å². The SMILES string of the molecule is O=C(Oc1ccc(Cl)cc1)C1CCN(S(=O)(=O)c2ccc(F)cc2)CC1. The van der Waals surface area contributed by atoms with Crippen molar-refractivity contribution < 1.29 is 22.3 Å². The average Bonchev–Trinajstić information content (AvgIpc) is 2.64. The van der Waals surface area contributed by atoms with Crippen molar-refractivity contribution in [3.8, 4) is 5.75 Å². The first-order chi connectivity index (χ1) is 12.4. The minimum absolute atomic E-state index is 0.0427. The summed E-state index contributed by atoms with van der Waals surface area (Å²) < 4.78 is 44.8. The molecule has 1 fully saturated rings.